The molecule has 98 valence electrons. The van der Waals surface area contributed by atoms with Crippen molar-refractivity contribution in [3.05, 3.63) is 28.5 Å². The molecule has 0 amide bonds. The minimum Gasteiger partial charge on any atom is -0.314 e. The second kappa shape index (κ2) is 5.68. The van der Waals surface area contributed by atoms with Crippen molar-refractivity contribution in [3.63, 3.8) is 0 Å². The number of hydrogen-bond donors (Lipinski definition) is 1. The molecule has 1 aliphatic heterocycles. The van der Waals surface area contributed by atoms with Crippen molar-refractivity contribution < 1.29 is 0 Å². The summed E-state index contributed by atoms with van der Waals surface area (Å²) in [5.41, 5.74) is 1.23. The molecule has 1 saturated carbocycles. The lowest BCUT2D eigenvalue weighted by molar-refractivity contribution is 0.157. The van der Waals surface area contributed by atoms with Crippen molar-refractivity contribution >= 4 is 15.9 Å². The van der Waals surface area contributed by atoms with E-state index >= 15 is 0 Å². The van der Waals surface area contributed by atoms with E-state index in [0.717, 1.165) is 36.7 Å². The summed E-state index contributed by atoms with van der Waals surface area (Å²) in [6.45, 7) is 4.50. The molecule has 0 aromatic carbocycles. The SMILES string of the molecule is Brc1cccc([C@@H](CC2CC2)N2CCNCC2)n1. The molecule has 3 nitrogen and oxygen atoms in total. The average molecular weight is 310 g/mol. The fourth-order valence-corrected chi connectivity index (χ4v) is 3.09. The van der Waals surface area contributed by atoms with Crippen molar-refractivity contribution in [2.24, 2.45) is 5.92 Å². The van der Waals surface area contributed by atoms with Gasteiger partial charge >= 0.3 is 0 Å². The first-order chi connectivity index (χ1) is 8.83. The molecule has 0 unspecified atom stereocenters. The van der Waals surface area contributed by atoms with E-state index < -0.39 is 0 Å². The summed E-state index contributed by atoms with van der Waals surface area (Å²) in [6, 6.07) is 6.81. The predicted octanol–water partition coefficient (Wildman–Crippen LogP) is 2.59. The van der Waals surface area contributed by atoms with Gasteiger partial charge in [-0.3, -0.25) is 4.90 Å². The largest absolute Gasteiger partial charge is 0.314 e. The Bertz CT molecular complexity index is 400. The Morgan fingerprint density at radius 2 is 2.11 bits per heavy atom. The lowest BCUT2D eigenvalue weighted by Crippen LogP contribution is -2.45. The maximum Gasteiger partial charge on any atom is 0.106 e. The van der Waals surface area contributed by atoms with Crippen LogP contribution in [0, 0.1) is 5.92 Å². The zero-order valence-corrected chi connectivity index (χ0v) is 12.2. The standard InChI is InChI=1S/C14H20BrN3/c15-14-3-1-2-12(17-14)13(10-11-4-5-11)18-8-6-16-7-9-18/h1-3,11,13,16H,4-10H2/t13-/m1/s1. The third kappa shape index (κ3) is 3.11. The van der Waals surface area contributed by atoms with Gasteiger partial charge in [0.25, 0.3) is 0 Å². The lowest BCUT2D eigenvalue weighted by Gasteiger charge is -2.34. The van der Waals surface area contributed by atoms with Crippen molar-refractivity contribution in [2.45, 2.75) is 25.3 Å². The number of nitrogens with zero attached hydrogens (tertiary/aromatic N) is 2. The van der Waals surface area contributed by atoms with Crippen LogP contribution in [0.25, 0.3) is 0 Å². The van der Waals surface area contributed by atoms with E-state index in [9.17, 15) is 0 Å². The van der Waals surface area contributed by atoms with Crippen LogP contribution in [0.3, 0.4) is 0 Å². The summed E-state index contributed by atoms with van der Waals surface area (Å²) >= 11 is 3.49. The molecular weight excluding hydrogens is 290 g/mol. The third-order valence-corrected chi connectivity index (χ3v) is 4.37. The lowest BCUT2D eigenvalue weighted by atomic mass is 10.0. The summed E-state index contributed by atoms with van der Waals surface area (Å²) in [4.78, 5) is 7.28. The van der Waals surface area contributed by atoms with E-state index in [1.54, 1.807) is 0 Å². The molecule has 4 heteroatoms. The van der Waals surface area contributed by atoms with E-state index in [4.69, 9.17) is 0 Å². The molecule has 0 bridgehead atoms. The number of rotatable bonds is 4. The van der Waals surface area contributed by atoms with E-state index in [1.165, 1.54) is 25.0 Å². The molecule has 1 N–H and O–H groups in total. The van der Waals surface area contributed by atoms with Crippen LogP contribution in [0.15, 0.2) is 22.8 Å². The van der Waals surface area contributed by atoms with Gasteiger partial charge in [0.15, 0.2) is 0 Å². The van der Waals surface area contributed by atoms with E-state index in [2.05, 4.69) is 43.3 Å². The Hall–Kier alpha value is -0.450. The van der Waals surface area contributed by atoms with Crippen LogP contribution < -0.4 is 5.32 Å². The minimum absolute atomic E-state index is 0.511. The summed E-state index contributed by atoms with van der Waals surface area (Å²) in [7, 11) is 0. The highest BCUT2D eigenvalue weighted by atomic mass is 79.9. The van der Waals surface area contributed by atoms with E-state index in [-0.39, 0.29) is 0 Å². The molecule has 2 heterocycles. The molecule has 0 radical (unpaired) electrons. The second-order valence-electron chi connectivity index (χ2n) is 5.37. The quantitative estimate of drug-likeness (QED) is 0.867. The molecule has 0 spiro atoms. The van der Waals surface area contributed by atoms with Crippen LogP contribution in [-0.2, 0) is 0 Å². The monoisotopic (exact) mass is 309 g/mol. The minimum atomic E-state index is 0.511. The van der Waals surface area contributed by atoms with Gasteiger partial charge in [-0.1, -0.05) is 18.9 Å². The highest BCUT2D eigenvalue weighted by Gasteiger charge is 2.31. The molecule has 1 aliphatic carbocycles. The average Bonchev–Trinajstić information content (AvgIpc) is 3.21. The molecule has 18 heavy (non-hydrogen) atoms. The Morgan fingerprint density at radius 3 is 2.78 bits per heavy atom. The highest BCUT2D eigenvalue weighted by molar-refractivity contribution is 9.10. The van der Waals surface area contributed by atoms with Crippen molar-refractivity contribution in [3.8, 4) is 0 Å². The van der Waals surface area contributed by atoms with Crippen molar-refractivity contribution in [2.75, 3.05) is 26.2 Å². The number of piperazine rings is 1. The van der Waals surface area contributed by atoms with E-state index in [0.29, 0.717) is 6.04 Å². The predicted molar refractivity (Wildman–Crippen MR) is 76.5 cm³/mol. The Morgan fingerprint density at radius 1 is 1.33 bits per heavy atom. The molecule has 2 fully saturated rings. The Balaban J connectivity index is 1.78. The number of pyridine rings is 1. The smallest absolute Gasteiger partial charge is 0.106 e. The maximum absolute atomic E-state index is 4.68. The third-order valence-electron chi connectivity index (χ3n) is 3.92. The summed E-state index contributed by atoms with van der Waals surface area (Å²) in [6.07, 6.45) is 4.11. The van der Waals surface area contributed by atoms with Gasteiger partial charge in [0, 0.05) is 26.2 Å². The molecule has 3 rings (SSSR count). The highest BCUT2D eigenvalue weighted by Crippen LogP contribution is 2.39. The van der Waals surface area contributed by atoms with Gasteiger partial charge in [0.2, 0.25) is 0 Å². The van der Waals surface area contributed by atoms with Crippen LogP contribution in [0.1, 0.15) is 31.0 Å². The molecule has 2 aliphatic rings. The van der Waals surface area contributed by atoms with Crippen LogP contribution >= 0.6 is 15.9 Å². The van der Waals surface area contributed by atoms with Gasteiger partial charge in [-0.05, 0) is 40.4 Å². The van der Waals surface area contributed by atoms with Crippen LogP contribution in [-0.4, -0.2) is 36.1 Å². The summed E-state index contributed by atoms with van der Waals surface area (Å²) < 4.78 is 0.955. The van der Waals surface area contributed by atoms with Crippen LogP contribution in [0.5, 0.6) is 0 Å². The van der Waals surface area contributed by atoms with Gasteiger partial charge in [-0.25, -0.2) is 4.98 Å². The normalized spacial score (nSPS) is 22.9. The summed E-state index contributed by atoms with van der Waals surface area (Å²) in [5, 5.41) is 3.43. The van der Waals surface area contributed by atoms with Gasteiger partial charge in [-0.2, -0.15) is 0 Å². The zero-order valence-electron chi connectivity index (χ0n) is 10.6. The molecule has 1 saturated heterocycles. The second-order valence-corrected chi connectivity index (χ2v) is 6.18. The maximum atomic E-state index is 4.68. The van der Waals surface area contributed by atoms with Gasteiger partial charge in [0.1, 0.15) is 4.60 Å². The number of halogens is 1. The molecule has 1 atom stereocenters. The fourth-order valence-electron chi connectivity index (χ4n) is 2.73. The molecule has 1 aromatic rings. The van der Waals surface area contributed by atoms with Crippen molar-refractivity contribution in [1.29, 1.82) is 0 Å². The first-order valence-electron chi connectivity index (χ1n) is 6.90. The number of hydrogen-bond acceptors (Lipinski definition) is 3. The zero-order chi connectivity index (χ0) is 12.4. The summed E-state index contributed by atoms with van der Waals surface area (Å²) in [5.74, 6) is 0.936. The Kier molecular flexibility index (Phi) is 3.97. The molecule has 1 aromatic heterocycles. The van der Waals surface area contributed by atoms with Gasteiger partial charge in [0.05, 0.1) is 11.7 Å². The topological polar surface area (TPSA) is 28.2 Å². The first-order valence-corrected chi connectivity index (χ1v) is 7.69. The van der Waals surface area contributed by atoms with Gasteiger partial charge in [-0.15, -0.1) is 0 Å². The fraction of sp³-hybridized carbons (Fsp3) is 0.643. The van der Waals surface area contributed by atoms with E-state index in [1.807, 2.05) is 6.07 Å². The molecular formula is C14H20BrN3. The Labute approximate surface area is 117 Å². The number of nitrogens with one attached hydrogen (secondary N) is 1. The first kappa shape index (κ1) is 12.6. The van der Waals surface area contributed by atoms with Gasteiger partial charge < -0.3 is 5.32 Å². The van der Waals surface area contributed by atoms with Crippen LogP contribution in [0.2, 0.25) is 0 Å². The van der Waals surface area contributed by atoms with Crippen molar-refractivity contribution in [1.82, 2.24) is 15.2 Å². The number of aromatic nitrogens is 1. The van der Waals surface area contributed by atoms with Crippen LogP contribution in [0.4, 0.5) is 0 Å².